The van der Waals surface area contributed by atoms with E-state index in [-0.39, 0.29) is 5.28 Å². The van der Waals surface area contributed by atoms with Gasteiger partial charge < -0.3 is 10.2 Å². The fourth-order valence-electron chi connectivity index (χ4n) is 3.91. The zero-order chi connectivity index (χ0) is 25.6. The van der Waals surface area contributed by atoms with Crippen LogP contribution in [0.1, 0.15) is 22.3 Å². The highest BCUT2D eigenvalue weighted by atomic mass is 35.5. The molecule has 0 fully saturated rings. The van der Waals surface area contributed by atoms with Crippen LogP contribution in [0.4, 0.5) is 28.7 Å². The number of nitrogens with zero attached hydrogens (tertiary/aromatic N) is 4. The molecular formula is C31H26ClN5. The second kappa shape index (κ2) is 11.1. The van der Waals surface area contributed by atoms with Crippen molar-refractivity contribution in [3.63, 3.8) is 0 Å². The number of halogens is 1. The van der Waals surface area contributed by atoms with Crippen molar-refractivity contribution < 1.29 is 0 Å². The highest BCUT2D eigenvalue weighted by Crippen LogP contribution is 2.35. The van der Waals surface area contributed by atoms with Crippen LogP contribution in [0, 0.1) is 13.8 Å². The quantitative estimate of drug-likeness (QED) is 0.225. The van der Waals surface area contributed by atoms with Gasteiger partial charge >= 0.3 is 0 Å². The first-order valence-corrected chi connectivity index (χ1v) is 12.3. The summed E-state index contributed by atoms with van der Waals surface area (Å²) < 4.78 is 0. The Hall–Kier alpha value is -4.48. The predicted octanol–water partition coefficient (Wildman–Crippen LogP) is 8.53. The van der Waals surface area contributed by atoms with E-state index >= 15 is 0 Å². The van der Waals surface area contributed by atoms with E-state index in [0.29, 0.717) is 5.95 Å². The van der Waals surface area contributed by atoms with Gasteiger partial charge in [-0.15, -0.1) is 0 Å². The summed E-state index contributed by atoms with van der Waals surface area (Å²) in [5, 5.41) is 3.28. The number of aryl methyl sites for hydroxylation is 2. The molecule has 0 atom stereocenters. The second-order valence-electron chi connectivity index (χ2n) is 8.76. The van der Waals surface area contributed by atoms with E-state index in [1.165, 1.54) is 17.5 Å². The van der Waals surface area contributed by atoms with Crippen molar-refractivity contribution in [2.75, 3.05) is 10.2 Å². The number of rotatable bonds is 7. The molecule has 0 radical (unpaired) electrons. The van der Waals surface area contributed by atoms with Crippen molar-refractivity contribution in [3.05, 3.63) is 131 Å². The molecule has 5 aromatic rings. The van der Waals surface area contributed by atoms with Gasteiger partial charge in [0.2, 0.25) is 11.2 Å². The van der Waals surface area contributed by atoms with Crippen LogP contribution in [-0.2, 0) is 0 Å². The van der Waals surface area contributed by atoms with Crippen LogP contribution in [0.15, 0.2) is 103 Å². The summed E-state index contributed by atoms with van der Waals surface area (Å²) in [4.78, 5) is 14.2. The van der Waals surface area contributed by atoms with Crippen molar-refractivity contribution in [2.24, 2.45) is 0 Å². The minimum Gasteiger partial charge on any atom is -0.324 e. The summed E-state index contributed by atoms with van der Waals surface area (Å²) in [6, 6.07) is 33.9. The minimum absolute atomic E-state index is 0.156. The second-order valence-corrected chi connectivity index (χ2v) is 9.09. The molecular weight excluding hydrogens is 478 g/mol. The molecule has 1 heterocycles. The predicted molar refractivity (Wildman–Crippen MR) is 154 cm³/mol. The fraction of sp³-hybridized carbons (Fsp3) is 0.0645. The molecule has 6 heteroatoms. The summed E-state index contributed by atoms with van der Waals surface area (Å²) in [5.74, 6) is 0.411. The van der Waals surface area contributed by atoms with Gasteiger partial charge in [0.15, 0.2) is 0 Å². The van der Waals surface area contributed by atoms with Crippen LogP contribution in [-0.4, -0.2) is 15.0 Å². The van der Waals surface area contributed by atoms with Crippen molar-refractivity contribution in [1.82, 2.24) is 15.0 Å². The number of hydrogen-bond acceptors (Lipinski definition) is 5. The zero-order valence-electron chi connectivity index (χ0n) is 20.6. The average Bonchev–Trinajstić information content (AvgIpc) is 2.91. The van der Waals surface area contributed by atoms with Crippen LogP contribution < -0.4 is 10.2 Å². The molecule has 0 saturated heterocycles. The topological polar surface area (TPSA) is 53.9 Å². The molecule has 0 spiro atoms. The molecule has 37 heavy (non-hydrogen) atoms. The van der Waals surface area contributed by atoms with Gasteiger partial charge in [-0.25, -0.2) is 9.97 Å². The molecule has 0 bridgehead atoms. The van der Waals surface area contributed by atoms with Gasteiger partial charge in [-0.05, 0) is 85.1 Å². The molecule has 0 aliphatic rings. The van der Waals surface area contributed by atoms with Crippen molar-refractivity contribution >= 4 is 52.5 Å². The zero-order valence-corrected chi connectivity index (χ0v) is 21.4. The molecule has 0 unspecified atom stereocenters. The van der Waals surface area contributed by atoms with Crippen LogP contribution in [0.25, 0.3) is 12.2 Å². The van der Waals surface area contributed by atoms with Gasteiger partial charge in [-0.2, -0.15) is 4.98 Å². The Morgan fingerprint density at radius 3 is 1.57 bits per heavy atom. The largest absolute Gasteiger partial charge is 0.324 e. The third-order valence-electron chi connectivity index (χ3n) is 5.91. The molecule has 0 aliphatic heterocycles. The maximum Gasteiger partial charge on any atom is 0.231 e. The average molecular weight is 504 g/mol. The van der Waals surface area contributed by atoms with Gasteiger partial charge in [0.1, 0.15) is 6.33 Å². The first-order chi connectivity index (χ1) is 18.0. The third-order valence-corrected chi connectivity index (χ3v) is 6.10. The lowest BCUT2D eigenvalue weighted by atomic mass is 10.1. The molecule has 1 N–H and O–H groups in total. The maximum absolute atomic E-state index is 5.82. The van der Waals surface area contributed by atoms with Gasteiger partial charge in [0.05, 0.1) is 0 Å². The van der Waals surface area contributed by atoms with Crippen molar-refractivity contribution in [1.29, 1.82) is 0 Å². The Morgan fingerprint density at radius 1 is 0.622 bits per heavy atom. The van der Waals surface area contributed by atoms with E-state index in [2.05, 4.69) is 124 Å². The lowest BCUT2D eigenvalue weighted by Gasteiger charge is -2.25. The lowest BCUT2D eigenvalue weighted by Crippen LogP contribution is -2.09. The first kappa shape index (κ1) is 24.2. The number of nitrogens with one attached hydrogen (secondary N) is 1. The molecule has 5 rings (SSSR count). The summed E-state index contributed by atoms with van der Waals surface area (Å²) in [6.07, 6.45) is 5.58. The SMILES string of the molecule is Cc1ccc(N(c2ccc(C)cc2)c2ccc(/C=C/c3ccc(Nc4ncnc(Cl)n4)cc3)cc2)cc1. The van der Waals surface area contributed by atoms with Gasteiger partial charge in [0, 0.05) is 22.7 Å². The molecule has 0 saturated carbocycles. The Morgan fingerprint density at radius 2 is 1.08 bits per heavy atom. The Kier molecular flexibility index (Phi) is 7.24. The summed E-state index contributed by atoms with van der Waals surface area (Å²) in [6.45, 7) is 4.22. The van der Waals surface area contributed by atoms with Crippen molar-refractivity contribution in [3.8, 4) is 0 Å². The molecule has 0 amide bonds. The molecule has 182 valence electrons. The van der Waals surface area contributed by atoms with Crippen molar-refractivity contribution in [2.45, 2.75) is 13.8 Å². The fourth-order valence-corrected chi connectivity index (χ4v) is 4.03. The molecule has 5 nitrogen and oxygen atoms in total. The standard InChI is InChI=1S/C31H26ClN5/c1-22-3-15-27(16-4-22)37(28-17-5-23(2)6-18-28)29-19-11-25(12-20-29)8-7-24-9-13-26(14-10-24)35-31-34-21-33-30(32)36-31/h3-21H,1-2H3,(H,33,34,35,36)/b8-7+. The molecule has 1 aromatic heterocycles. The van der Waals surface area contributed by atoms with E-state index in [4.69, 9.17) is 11.6 Å². The number of benzene rings is 4. The Balaban J connectivity index is 1.32. The third kappa shape index (κ3) is 6.21. The highest BCUT2D eigenvalue weighted by molar-refractivity contribution is 6.28. The van der Waals surface area contributed by atoms with E-state index in [1.54, 1.807) is 0 Å². The Bertz CT molecular complexity index is 1450. The lowest BCUT2D eigenvalue weighted by molar-refractivity contribution is 1.05. The smallest absolute Gasteiger partial charge is 0.231 e. The summed E-state index contributed by atoms with van der Waals surface area (Å²) >= 11 is 5.82. The van der Waals surface area contributed by atoms with E-state index in [0.717, 1.165) is 33.9 Å². The van der Waals surface area contributed by atoms with Gasteiger partial charge in [0.25, 0.3) is 0 Å². The van der Waals surface area contributed by atoms with Gasteiger partial charge in [-0.3, -0.25) is 0 Å². The van der Waals surface area contributed by atoms with Crippen LogP contribution in [0.5, 0.6) is 0 Å². The van der Waals surface area contributed by atoms with E-state index < -0.39 is 0 Å². The van der Waals surface area contributed by atoms with E-state index in [1.807, 2.05) is 24.3 Å². The van der Waals surface area contributed by atoms with E-state index in [9.17, 15) is 0 Å². The highest BCUT2D eigenvalue weighted by Gasteiger charge is 2.12. The van der Waals surface area contributed by atoms with Crippen LogP contribution in [0.2, 0.25) is 5.28 Å². The summed E-state index contributed by atoms with van der Waals surface area (Å²) in [7, 11) is 0. The number of aromatic nitrogens is 3. The Labute approximate surface area is 222 Å². The monoisotopic (exact) mass is 503 g/mol. The number of anilines is 5. The maximum atomic E-state index is 5.82. The van der Waals surface area contributed by atoms with Gasteiger partial charge in [-0.1, -0.05) is 71.8 Å². The summed E-state index contributed by atoms with van der Waals surface area (Å²) in [5.41, 5.74) is 8.94. The minimum atomic E-state index is 0.156. The molecule has 0 aliphatic carbocycles. The first-order valence-electron chi connectivity index (χ1n) is 12.0. The normalized spacial score (nSPS) is 11.0. The van der Waals surface area contributed by atoms with Crippen LogP contribution in [0.3, 0.4) is 0 Å². The molecule has 4 aromatic carbocycles. The van der Waals surface area contributed by atoms with Crippen LogP contribution >= 0.6 is 11.6 Å². The number of hydrogen-bond donors (Lipinski definition) is 1.